The second kappa shape index (κ2) is 8.79. The Kier molecular flexibility index (Phi) is 7.36. The van der Waals surface area contributed by atoms with Crippen LogP contribution in [0.15, 0.2) is 0 Å². The number of urea groups is 1. The number of amides is 2. The van der Waals surface area contributed by atoms with Crippen molar-refractivity contribution in [2.45, 2.75) is 64.0 Å². The lowest BCUT2D eigenvalue weighted by molar-refractivity contribution is -0.139. The molecule has 0 aliphatic heterocycles. The van der Waals surface area contributed by atoms with Crippen molar-refractivity contribution in [2.24, 2.45) is 0 Å². The molecule has 0 saturated heterocycles. The molecule has 0 aromatic carbocycles. The van der Waals surface area contributed by atoms with Crippen LogP contribution in [0.25, 0.3) is 0 Å². The second-order valence-electron chi connectivity index (χ2n) is 5.34. The minimum absolute atomic E-state index is 0.0364. The first-order chi connectivity index (χ1) is 9.60. The van der Waals surface area contributed by atoms with E-state index in [9.17, 15) is 9.59 Å². The van der Waals surface area contributed by atoms with Gasteiger partial charge in [-0.1, -0.05) is 19.8 Å². The van der Waals surface area contributed by atoms with E-state index in [0.29, 0.717) is 19.4 Å². The zero-order valence-electron chi connectivity index (χ0n) is 12.2. The molecule has 0 radical (unpaired) electrons. The van der Waals surface area contributed by atoms with Crippen molar-refractivity contribution in [3.05, 3.63) is 0 Å². The maximum Gasteiger partial charge on any atom is 0.326 e. The highest BCUT2D eigenvalue weighted by Crippen LogP contribution is 2.25. The van der Waals surface area contributed by atoms with E-state index in [1.807, 2.05) is 6.92 Å². The number of hydrogen-bond donors (Lipinski definition) is 3. The molecule has 0 spiro atoms. The number of carbonyl (C=O) groups is 2. The largest absolute Gasteiger partial charge is 0.480 e. The van der Waals surface area contributed by atoms with Gasteiger partial charge in [0.25, 0.3) is 0 Å². The summed E-state index contributed by atoms with van der Waals surface area (Å²) < 4.78 is 0. The van der Waals surface area contributed by atoms with Crippen molar-refractivity contribution >= 4 is 12.0 Å². The lowest BCUT2D eigenvalue weighted by atomic mass is 9.91. The van der Waals surface area contributed by atoms with E-state index in [2.05, 4.69) is 5.32 Å². The number of unbranched alkanes of at least 4 members (excludes halogenated alkanes) is 1. The zero-order valence-corrected chi connectivity index (χ0v) is 12.2. The van der Waals surface area contributed by atoms with Gasteiger partial charge in [0.1, 0.15) is 6.04 Å². The summed E-state index contributed by atoms with van der Waals surface area (Å²) in [6.07, 6.45) is 5.68. The summed E-state index contributed by atoms with van der Waals surface area (Å²) in [5, 5.41) is 20.7. The summed E-state index contributed by atoms with van der Waals surface area (Å²) in [4.78, 5) is 25.1. The van der Waals surface area contributed by atoms with E-state index in [-0.39, 0.29) is 18.7 Å². The van der Waals surface area contributed by atoms with Crippen LogP contribution in [0, 0.1) is 0 Å². The lowest BCUT2D eigenvalue weighted by Crippen LogP contribution is -2.53. The minimum Gasteiger partial charge on any atom is -0.480 e. The number of rotatable bonds is 9. The average Bonchev–Trinajstić information content (AvgIpc) is 2.36. The van der Waals surface area contributed by atoms with E-state index >= 15 is 0 Å². The summed E-state index contributed by atoms with van der Waals surface area (Å²) in [7, 11) is 0. The van der Waals surface area contributed by atoms with Crippen LogP contribution in [-0.4, -0.2) is 52.3 Å². The predicted octanol–water partition coefficient (Wildman–Crippen LogP) is 1.58. The Balaban J connectivity index is 2.55. The number of aliphatic hydroxyl groups is 1. The third-order valence-corrected chi connectivity index (χ3v) is 3.78. The zero-order chi connectivity index (χ0) is 15.0. The molecule has 6 nitrogen and oxygen atoms in total. The maximum atomic E-state index is 12.2. The van der Waals surface area contributed by atoms with Crippen LogP contribution in [0.2, 0.25) is 0 Å². The Morgan fingerprint density at radius 3 is 2.50 bits per heavy atom. The molecule has 1 aliphatic rings. The third kappa shape index (κ3) is 5.00. The molecule has 1 saturated carbocycles. The van der Waals surface area contributed by atoms with Crippen LogP contribution in [0.4, 0.5) is 4.79 Å². The topological polar surface area (TPSA) is 89.9 Å². The first kappa shape index (κ1) is 16.8. The molecule has 0 bridgehead atoms. The highest BCUT2D eigenvalue weighted by atomic mass is 16.4. The molecular weight excluding hydrogens is 260 g/mol. The predicted molar refractivity (Wildman–Crippen MR) is 75.5 cm³/mol. The number of aliphatic hydroxyl groups excluding tert-OH is 1. The van der Waals surface area contributed by atoms with Crippen molar-refractivity contribution in [1.29, 1.82) is 0 Å². The number of nitrogens with one attached hydrogen (secondary N) is 1. The quantitative estimate of drug-likeness (QED) is 0.600. The summed E-state index contributed by atoms with van der Waals surface area (Å²) in [6.45, 7) is 2.50. The van der Waals surface area contributed by atoms with Gasteiger partial charge in [-0.2, -0.15) is 0 Å². The number of carboxylic acid groups (broad SMARTS) is 1. The first-order valence-corrected chi connectivity index (χ1v) is 7.51. The Bertz CT molecular complexity index is 318. The summed E-state index contributed by atoms with van der Waals surface area (Å²) >= 11 is 0. The normalized spacial score (nSPS) is 16.3. The van der Waals surface area contributed by atoms with Gasteiger partial charge in [0, 0.05) is 19.2 Å². The van der Waals surface area contributed by atoms with Crippen LogP contribution in [0.3, 0.4) is 0 Å². The molecule has 1 rings (SSSR count). The number of nitrogens with zero attached hydrogens (tertiary/aromatic N) is 1. The Morgan fingerprint density at radius 1 is 1.35 bits per heavy atom. The standard InChI is InChI=1S/C14H26N2O4/c1-2-3-8-12(13(18)19)15-14(20)16(9-5-10-17)11-6-4-7-11/h11-12,17H,2-10H2,1H3,(H,15,20)(H,18,19). The molecule has 2 amide bonds. The number of aliphatic carboxylic acids is 1. The van der Waals surface area contributed by atoms with Gasteiger partial charge in [-0.15, -0.1) is 0 Å². The number of carboxylic acids is 1. The Morgan fingerprint density at radius 2 is 2.05 bits per heavy atom. The fraction of sp³-hybridized carbons (Fsp3) is 0.857. The number of hydrogen-bond acceptors (Lipinski definition) is 3. The molecule has 1 atom stereocenters. The molecule has 6 heteroatoms. The van der Waals surface area contributed by atoms with Crippen molar-refractivity contribution in [3.63, 3.8) is 0 Å². The SMILES string of the molecule is CCCCC(NC(=O)N(CCCO)C1CCC1)C(=O)O. The van der Waals surface area contributed by atoms with Crippen molar-refractivity contribution < 1.29 is 19.8 Å². The van der Waals surface area contributed by atoms with E-state index in [0.717, 1.165) is 32.1 Å². The van der Waals surface area contributed by atoms with Crippen LogP contribution in [-0.2, 0) is 4.79 Å². The molecule has 3 N–H and O–H groups in total. The summed E-state index contributed by atoms with van der Waals surface area (Å²) in [5.74, 6) is -0.984. The second-order valence-corrected chi connectivity index (χ2v) is 5.34. The van der Waals surface area contributed by atoms with Gasteiger partial charge in [0.05, 0.1) is 0 Å². The summed E-state index contributed by atoms with van der Waals surface area (Å²) in [6, 6.07) is -0.937. The van der Waals surface area contributed by atoms with Crippen LogP contribution < -0.4 is 5.32 Å². The maximum absolute atomic E-state index is 12.2. The van der Waals surface area contributed by atoms with Gasteiger partial charge in [0.2, 0.25) is 0 Å². The van der Waals surface area contributed by atoms with Crippen LogP contribution in [0.5, 0.6) is 0 Å². The highest BCUT2D eigenvalue weighted by Gasteiger charge is 2.30. The monoisotopic (exact) mass is 286 g/mol. The molecule has 1 fully saturated rings. The highest BCUT2D eigenvalue weighted by molar-refractivity contribution is 5.82. The smallest absolute Gasteiger partial charge is 0.326 e. The Labute approximate surface area is 120 Å². The molecule has 20 heavy (non-hydrogen) atoms. The Hall–Kier alpha value is -1.30. The molecule has 0 aromatic rings. The van der Waals surface area contributed by atoms with Gasteiger partial charge >= 0.3 is 12.0 Å². The molecule has 0 heterocycles. The van der Waals surface area contributed by atoms with E-state index < -0.39 is 12.0 Å². The lowest BCUT2D eigenvalue weighted by Gasteiger charge is -2.38. The van der Waals surface area contributed by atoms with E-state index in [1.165, 1.54) is 0 Å². The molecule has 1 unspecified atom stereocenters. The third-order valence-electron chi connectivity index (χ3n) is 3.78. The minimum atomic E-state index is -0.984. The van der Waals surface area contributed by atoms with Crippen LogP contribution in [0.1, 0.15) is 51.9 Å². The number of carbonyl (C=O) groups excluding carboxylic acids is 1. The summed E-state index contributed by atoms with van der Waals surface area (Å²) in [5.41, 5.74) is 0. The van der Waals surface area contributed by atoms with E-state index in [4.69, 9.17) is 10.2 Å². The molecular formula is C14H26N2O4. The fourth-order valence-electron chi connectivity index (χ4n) is 2.29. The van der Waals surface area contributed by atoms with E-state index in [1.54, 1.807) is 4.90 Å². The molecule has 1 aliphatic carbocycles. The van der Waals surface area contributed by atoms with Gasteiger partial charge < -0.3 is 20.4 Å². The first-order valence-electron chi connectivity index (χ1n) is 7.51. The van der Waals surface area contributed by atoms with Gasteiger partial charge in [-0.25, -0.2) is 9.59 Å². The molecule has 0 aromatic heterocycles. The average molecular weight is 286 g/mol. The molecule has 116 valence electrons. The fourth-order valence-corrected chi connectivity index (χ4v) is 2.29. The van der Waals surface area contributed by atoms with Crippen LogP contribution >= 0.6 is 0 Å². The van der Waals surface area contributed by atoms with Crippen molar-refractivity contribution in [1.82, 2.24) is 10.2 Å². The van der Waals surface area contributed by atoms with Gasteiger partial charge in [0.15, 0.2) is 0 Å². The van der Waals surface area contributed by atoms with Crippen molar-refractivity contribution in [3.8, 4) is 0 Å². The van der Waals surface area contributed by atoms with Crippen molar-refractivity contribution in [2.75, 3.05) is 13.2 Å². The van der Waals surface area contributed by atoms with Gasteiger partial charge in [-0.05, 0) is 32.1 Å². The van der Waals surface area contributed by atoms with Gasteiger partial charge in [-0.3, -0.25) is 0 Å².